The lowest BCUT2D eigenvalue weighted by Crippen LogP contribution is -2.00. The van der Waals surface area contributed by atoms with Crippen LogP contribution in [0, 0.1) is 19.8 Å². The highest BCUT2D eigenvalue weighted by molar-refractivity contribution is 5.57. The smallest absolute Gasteiger partial charge is 0.0647 e. The largest absolute Gasteiger partial charge is 0.392 e. The Labute approximate surface area is 98.6 Å². The summed E-state index contributed by atoms with van der Waals surface area (Å²) in [6, 6.07) is 2.19. The zero-order valence-corrected chi connectivity index (χ0v) is 11.0. The van der Waals surface area contributed by atoms with Crippen molar-refractivity contribution in [2.45, 2.75) is 41.2 Å². The van der Waals surface area contributed by atoms with E-state index in [1.807, 2.05) is 0 Å². The van der Waals surface area contributed by atoms with Gasteiger partial charge in [0.15, 0.2) is 0 Å². The summed E-state index contributed by atoms with van der Waals surface area (Å²) in [6.45, 7) is 11.8. The molecule has 0 aromatic carbocycles. The van der Waals surface area contributed by atoms with E-state index in [0.29, 0.717) is 5.92 Å². The van der Waals surface area contributed by atoms with Crippen molar-refractivity contribution < 1.29 is 5.11 Å². The van der Waals surface area contributed by atoms with Crippen LogP contribution in [0.2, 0.25) is 0 Å². The molecule has 0 aliphatic heterocycles. The number of aliphatic hydroxyl groups is 1. The second-order valence-electron chi connectivity index (χ2n) is 4.60. The molecule has 0 aliphatic rings. The third kappa shape index (κ3) is 2.56. The lowest BCUT2D eigenvalue weighted by molar-refractivity contribution is 0.320. The van der Waals surface area contributed by atoms with Gasteiger partial charge in [0.2, 0.25) is 0 Å². The Balaban J connectivity index is 3.14. The van der Waals surface area contributed by atoms with Gasteiger partial charge in [0.05, 0.1) is 6.61 Å². The second-order valence-corrected chi connectivity index (χ2v) is 4.60. The second kappa shape index (κ2) is 5.35. The minimum Gasteiger partial charge on any atom is -0.392 e. The van der Waals surface area contributed by atoms with Gasteiger partial charge in [-0.3, -0.25) is 0 Å². The van der Waals surface area contributed by atoms with E-state index in [9.17, 15) is 5.11 Å². The van der Waals surface area contributed by atoms with Gasteiger partial charge in [-0.1, -0.05) is 19.9 Å². The van der Waals surface area contributed by atoms with E-state index < -0.39 is 0 Å². The van der Waals surface area contributed by atoms with Gasteiger partial charge in [-0.25, -0.2) is 0 Å². The molecular formula is C14H23NO. The van der Waals surface area contributed by atoms with Crippen LogP contribution in [0.15, 0.2) is 11.6 Å². The maximum absolute atomic E-state index is 9.31. The van der Waals surface area contributed by atoms with Gasteiger partial charge in [-0.2, -0.15) is 0 Å². The number of hydrogen-bond acceptors (Lipinski definition) is 1. The van der Waals surface area contributed by atoms with Crippen LogP contribution in [-0.2, 0) is 6.54 Å². The molecule has 90 valence electrons. The van der Waals surface area contributed by atoms with Crippen LogP contribution in [0.4, 0.5) is 0 Å². The molecule has 1 N–H and O–H groups in total. The summed E-state index contributed by atoms with van der Waals surface area (Å²) in [5.74, 6) is 0.398. The Morgan fingerprint density at radius 1 is 1.44 bits per heavy atom. The Morgan fingerprint density at radius 3 is 2.44 bits per heavy atom. The van der Waals surface area contributed by atoms with Crippen LogP contribution in [0.25, 0.3) is 6.08 Å². The third-order valence-electron chi connectivity index (χ3n) is 3.19. The highest BCUT2D eigenvalue weighted by atomic mass is 16.3. The van der Waals surface area contributed by atoms with Crippen molar-refractivity contribution in [3.05, 3.63) is 28.6 Å². The standard InChI is InChI=1S/C14H23NO/c1-6-15-11(4)7-13(12(15)5)8-14(9-16)10(2)3/h7-8,10,16H,6,9H2,1-5H3. The molecule has 1 heterocycles. The van der Waals surface area contributed by atoms with Crippen LogP contribution in [0.1, 0.15) is 37.7 Å². The van der Waals surface area contributed by atoms with E-state index in [2.05, 4.69) is 51.3 Å². The van der Waals surface area contributed by atoms with E-state index in [-0.39, 0.29) is 6.61 Å². The fourth-order valence-corrected chi connectivity index (χ4v) is 2.06. The van der Waals surface area contributed by atoms with E-state index in [0.717, 1.165) is 12.1 Å². The molecule has 1 aromatic heterocycles. The zero-order valence-electron chi connectivity index (χ0n) is 11.0. The minimum absolute atomic E-state index is 0.146. The van der Waals surface area contributed by atoms with Gasteiger partial charge in [0, 0.05) is 17.9 Å². The quantitative estimate of drug-likeness (QED) is 0.830. The van der Waals surface area contributed by atoms with Gasteiger partial charge in [-0.15, -0.1) is 0 Å². The normalized spacial score (nSPS) is 12.6. The van der Waals surface area contributed by atoms with E-state index >= 15 is 0 Å². The molecule has 2 heteroatoms. The Kier molecular flexibility index (Phi) is 4.36. The first-order valence-corrected chi connectivity index (χ1v) is 5.99. The number of aliphatic hydroxyl groups excluding tert-OH is 1. The van der Waals surface area contributed by atoms with Crippen molar-refractivity contribution in [2.24, 2.45) is 5.92 Å². The number of aryl methyl sites for hydroxylation is 1. The summed E-state index contributed by atoms with van der Waals surface area (Å²) >= 11 is 0. The molecule has 0 saturated carbocycles. The highest BCUT2D eigenvalue weighted by Crippen LogP contribution is 2.20. The molecule has 0 saturated heterocycles. The Hall–Kier alpha value is -1.02. The minimum atomic E-state index is 0.146. The first-order chi connectivity index (χ1) is 7.51. The summed E-state index contributed by atoms with van der Waals surface area (Å²) in [6.07, 6.45) is 2.12. The molecule has 0 fully saturated rings. The van der Waals surface area contributed by atoms with Crippen LogP contribution in [0.3, 0.4) is 0 Å². The SMILES string of the molecule is CCn1c(C)cc(C=C(CO)C(C)C)c1C. The van der Waals surface area contributed by atoms with Crippen LogP contribution in [0.5, 0.6) is 0 Å². The molecule has 16 heavy (non-hydrogen) atoms. The van der Waals surface area contributed by atoms with Crippen molar-refractivity contribution >= 4 is 6.08 Å². The number of rotatable bonds is 4. The molecule has 1 rings (SSSR count). The molecule has 0 atom stereocenters. The van der Waals surface area contributed by atoms with Crippen molar-refractivity contribution in [1.82, 2.24) is 4.57 Å². The molecule has 0 unspecified atom stereocenters. The van der Waals surface area contributed by atoms with Gasteiger partial charge in [-0.05, 0) is 43.9 Å². The lowest BCUT2D eigenvalue weighted by Gasteiger charge is -2.08. The molecule has 0 bridgehead atoms. The summed E-state index contributed by atoms with van der Waals surface area (Å²) < 4.78 is 2.29. The maximum Gasteiger partial charge on any atom is 0.0647 e. The topological polar surface area (TPSA) is 25.2 Å². The molecule has 0 amide bonds. The fourth-order valence-electron chi connectivity index (χ4n) is 2.06. The van der Waals surface area contributed by atoms with Gasteiger partial charge in [0.1, 0.15) is 0 Å². The van der Waals surface area contributed by atoms with Crippen molar-refractivity contribution in [1.29, 1.82) is 0 Å². The predicted molar refractivity (Wildman–Crippen MR) is 69.5 cm³/mol. The average Bonchev–Trinajstić information content (AvgIpc) is 2.49. The highest BCUT2D eigenvalue weighted by Gasteiger charge is 2.08. The van der Waals surface area contributed by atoms with Crippen molar-refractivity contribution in [2.75, 3.05) is 6.61 Å². The summed E-state index contributed by atoms with van der Waals surface area (Å²) in [5, 5.41) is 9.31. The predicted octanol–water partition coefficient (Wildman–Crippen LogP) is 3.16. The lowest BCUT2D eigenvalue weighted by atomic mass is 10.0. The van der Waals surface area contributed by atoms with E-state index in [1.165, 1.54) is 17.0 Å². The molecule has 2 nitrogen and oxygen atoms in total. The van der Waals surface area contributed by atoms with E-state index in [4.69, 9.17) is 0 Å². The molecular weight excluding hydrogens is 198 g/mol. The van der Waals surface area contributed by atoms with Crippen LogP contribution < -0.4 is 0 Å². The third-order valence-corrected chi connectivity index (χ3v) is 3.19. The number of nitrogens with zero attached hydrogens (tertiary/aromatic N) is 1. The Bertz CT molecular complexity index is 386. The molecule has 1 aromatic rings. The van der Waals surface area contributed by atoms with Gasteiger partial charge < -0.3 is 9.67 Å². The van der Waals surface area contributed by atoms with Gasteiger partial charge >= 0.3 is 0 Å². The first kappa shape index (κ1) is 13.0. The number of aromatic nitrogens is 1. The van der Waals surface area contributed by atoms with Gasteiger partial charge in [0.25, 0.3) is 0 Å². The van der Waals surface area contributed by atoms with E-state index in [1.54, 1.807) is 0 Å². The Morgan fingerprint density at radius 2 is 2.06 bits per heavy atom. The summed E-state index contributed by atoms with van der Waals surface area (Å²) in [4.78, 5) is 0. The summed E-state index contributed by atoms with van der Waals surface area (Å²) in [7, 11) is 0. The average molecular weight is 221 g/mol. The van der Waals surface area contributed by atoms with Crippen molar-refractivity contribution in [3.63, 3.8) is 0 Å². The molecule has 0 spiro atoms. The monoisotopic (exact) mass is 221 g/mol. The first-order valence-electron chi connectivity index (χ1n) is 5.99. The molecule has 0 aliphatic carbocycles. The maximum atomic E-state index is 9.31. The summed E-state index contributed by atoms with van der Waals surface area (Å²) in [5.41, 5.74) is 4.90. The number of hydrogen-bond donors (Lipinski definition) is 1. The van der Waals surface area contributed by atoms with Crippen LogP contribution in [-0.4, -0.2) is 16.3 Å². The van der Waals surface area contributed by atoms with Crippen LogP contribution >= 0.6 is 0 Å². The molecule has 0 radical (unpaired) electrons. The van der Waals surface area contributed by atoms with Crippen molar-refractivity contribution in [3.8, 4) is 0 Å². The fraction of sp³-hybridized carbons (Fsp3) is 0.571. The zero-order chi connectivity index (χ0) is 12.3.